The van der Waals surface area contributed by atoms with E-state index >= 15 is 0 Å². The molecule has 0 saturated carbocycles. The topological polar surface area (TPSA) is 95.9 Å². The largest absolute Gasteiger partial charge is 0.466 e. The maximum Gasteiger partial charge on any atom is 0.305 e. The average Bonchev–Trinajstić information content (AvgIpc) is 3.52. The number of carbonyl (C=O) groups is 2. The summed E-state index contributed by atoms with van der Waals surface area (Å²) in [4.78, 5) is 24.6. The van der Waals surface area contributed by atoms with Gasteiger partial charge in [-0.2, -0.15) is 0 Å². The van der Waals surface area contributed by atoms with Gasteiger partial charge in [0.1, 0.15) is 0 Å². The Morgan fingerprint density at radius 1 is 0.310 bits per heavy atom. The fraction of sp³-hybridized carbons (Fsp3) is 0.926. The molecule has 0 saturated heterocycles. The van der Waals surface area contributed by atoms with Crippen molar-refractivity contribution in [3.05, 3.63) is 24.3 Å². The zero-order valence-electron chi connectivity index (χ0n) is 59.3. The molecule has 0 radical (unpaired) electrons. The van der Waals surface area contributed by atoms with Crippen LogP contribution in [0.4, 0.5) is 0 Å². The van der Waals surface area contributed by atoms with Crippen molar-refractivity contribution in [2.75, 3.05) is 13.2 Å². The van der Waals surface area contributed by atoms with Crippen molar-refractivity contribution in [1.82, 2.24) is 5.32 Å². The summed E-state index contributed by atoms with van der Waals surface area (Å²) in [5.41, 5.74) is 0. The van der Waals surface area contributed by atoms with Crippen molar-refractivity contribution in [2.45, 2.75) is 469 Å². The number of esters is 1. The van der Waals surface area contributed by atoms with E-state index in [1.165, 1.54) is 385 Å². The van der Waals surface area contributed by atoms with E-state index in [2.05, 4.69) is 31.3 Å². The van der Waals surface area contributed by atoms with Crippen molar-refractivity contribution in [3.63, 3.8) is 0 Å². The number of hydrogen-bond acceptors (Lipinski definition) is 5. The number of ether oxygens (including phenoxy) is 1. The lowest BCUT2D eigenvalue weighted by Crippen LogP contribution is -2.45. The minimum atomic E-state index is -0.841. The molecule has 0 rings (SSSR count). The normalized spacial score (nSPS) is 12.6. The number of amides is 1. The minimum absolute atomic E-state index is 0.0153. The molecule has 0 aromatic heterocycles. The van der Waals surface area contributed by atoms with Crippen LogP contribution >= 0.6 is 0 Å². The van der Waals surface area contributed by atoms with Crippen molar-refractivity contribution in [1.29, 1.82) is 0 Å². The molecule has 0 aliphatic heterocycles. The molecular weight excluding hydrogens is 1070 g/mol. The second kappa shape index (κ2) is 76.8. The van der Waals surface area contributed by atoms with Crippen LogP contribution in [0.3, 0.4) is 0 Å². The summed E-state index contributed by atoms with van der Waals surface area (Å²) < 4.78 is 5.50. The first-order chi connectivity index (χ1) is 43.0. The number of hydrogen-bond donors (Lipinski definition) is 3. The van der Waals surface area contributed by atoms with E-state index in [0.717, 1.165) is 44.9 Å². The lowest BCUT2D eigenvalue weighted by atomic mass is 10.0. The van der Waals surface area contributed by atoms with Crippen LogP contribution in [-0.2, 0) is 14.3 Å². The number of rotatable bonds is 76. The van der Waals surface area contributed by atoms with Crippen LogP contribution < -0.4 is 5.32 Å². The standard InChI is InChI=1S/C81H157NO5/c1-3-5-7-9-11-13-15-17-19-20-21-39-42-46-49-53-57-61-65-69-73-79(84)78(77-83)82-80(85)74-70-66-62-58-54-50-47-43-40-37-35-33-31-29-27-25-23-22-24-26-28-30-32-34-36-38-41-44-48-52-56-60-64-68-72-76-87-81(86)75-71-67-63-59-55-51-45-18-16-14-12-10-8-6-4-2/h18,45,69,73,78-79,83-84H,3-17,19-44,46-68,70-72,74-77H2,1-2H3,(H,82,85)/b45-18-,73-69+. The number of allylic oxidation sites excluding steroid dienone is 3. The first kappa shape index (κ1) is 85.3. The van der Waals surface area contributed by atoms with Crippen LogP contribution in [0.5, 0.6) is 0 Å². The van der Waals surface area contributed by atoms with E-state index < -0.39 is 12.1 Å². The van der Waals surface area contributed by atoms with E-state index in [-0.39, 0.29) is 18.5 Å². The Labute approximate surface area is 545 Å². The fourth-order valence-corrected chi connectivity index (χ4v) is 12.9. The average molecular weight is 1230 g/mol. The summed E-state index contributed by atoms with van der Waals surface area (Å²) in [5.74, 6) is -0.0426. The van der Waals surface area contributed by atoms with Crippen molar-refractivity contribution >= 4 is 11.9 Å². The Kier molecular flexibility index (Phi) is 75.3. The molecule has 516 valence electrons. The van der Waals surface area contributed by atoms with Crippen molar-refractivity contribution in [3.8, 4) is 0 Å². The third-order valence-electron chi connectivity index (χ3n) is 19.0. The number of unbranched alkanes of at least 4 members (excludes halogenated alkanes) is 63. The number of aliphatic hydroxyl groups is 2. The second-order valence-corrected chi connectivity index (χ2v) is 27.8. The van der Waals surface area contributed by atoms with Gasteiger partial charge in [0.15, 0.2) is 0 Å². The second-order valence-electron chi connectivity index (χ2n) is 27.8. The van der Waals surface area contributed by atoms with Crippen LogP contribution in [0.1, 0.15) is 457 Å². The SMILES string of the molecule is CCCCCCCC/C=C\CCCCCCCC(=O)OCCCCCCCCCCCCCCCCCCCCCCCCCCCCCCCCCCCCCC(=O)NC(CO)C(O)/C=C/CCCCCCCCCCCCCCCCCCCC. The van der Waals surface area contributed by atoms with E-state index in [9.17, 15) is 19.8 Å². The zero-order valence-corrected chi connectivity index (χ0v) is 59.3. The summed E-state index contributed by atoms with van der Waals surface area (Å²) in [5, 5.41) is 23.3. The molecule has 1 amide bonds. The van der Waals surface area contributed by atoms with Gasteiger partial charge in [0, 0.05) is 12.8 Å². The van der Waals surface area contributed by atoms with Gasteiger partial charge in [0.25, 0.3) is 0 Å². The van der Waals surface area contributed by atoms with Crippen LogP contribution in [0, 0.1) is 0 Å². The Bertz CT molecular complexity index is 1360. The molecule has 6 nitrogen and oxygen atoms in total. The molecule has 0 bridgehead atoms. The van der Waals surface area contributed by atoms with Gasteiger partial charge in [-0.1, -0.05) is 411 Å². The molecule has 0 aromatic rings. The first-order valence-corrected chi connectivity index (χ1v) is 40.1. The van der Waals surface area contributed by atoms with Gasteiger partial charge in [-0.05, 0) is 57.8 Å². The van der Waals surface area contributed by atoms with Gasteiger partial charge >= 0.3 is 5.97 Å². The van der Waals surface area contributed by atoms with E-state index in [1.807, 2.05) is 6.08 Å². The smallest absolute Gasteiger partial charge is 0.305 e. The molecule has 0 fully saturated rings. The third-order valence-corrected chi connectivity index (χ3v) is 19.0. The Morgan fingerprint density at radius 3 is 0.816 bits per heavy atom. The van der Waals surface area contributed by atoms with E-state index in [1.54, 1.807) is 6.08 Å². The lowest BCUT2D eigenvalue weighted by molar-refractivity contribution is -0.143. The summed E-state index contributed by atoms with van der Waals surface area (Å²) in [6.45, 7) is 4.95. The van der Waals surface area contributed by atoms with Gasteiger partial charge in [0.05, 0.1) is 25.4 Å². The molecule has 87 heavy (non-hydrogen) atoms. The van der Waals surface area contributed by atoms with Crippen LogP contribution in [0.15, 0.2) is 24.3 Å². The Morgan fingerprint density at radius 2 is 0.540 bits per heavy atom. The summed E-state index contributed by atoms with van der Waals surface area (Å²) >= 11 is 0. The molecule has 2 atom stereocenters. The van der Waals surface area contributed by atoms with Gasteiger partial charge in [-0.25, -0.2) is 0 Å². The molecule has 0 heterocycles. The summed E-state index contributed by atoms with van der Waals surface area (Å²) in [6, 6.07) is -0.624. The number of carbonyl (C=O) groups excluding carboxylic acids is 2. The van der Waals surface area contributed by atoms with Crippen LogP contribution in [0.2, 0.25) is 0 Å². The van der Waals surface area contributed by atoms with Gasteiger partial charge in [-0.3, -0.25) is 9.59 Å². The molecule has 0 spiro atoms. The van der Waals surface area contributed by atoms with Gasteiger partial charge in [-0.15, -0.1) is 0 Å². The number of nitrogens with one attached hydrogen (secondary N) is 1. The number of aliphatic hydroxyl groups excluding tert-OH is 2. The third kappa shape index (κ3) is 73.3. The molecule has 0 aliphatic rings. The molecule has 6 heteroatoms. The molecule has 0 aliphatic carbocycles. The van der Waals surface area contributed by atoms with Gasteiger partial charge < -0.3 is 20.3 Å². The Balaban J connectivity index is 3.33. The maximum absolute atomic E-state index is 12.5. The molecule has 0 aromatic carbocycles. The van der Waals surface area contributed by atoms with Gasteiger partial charge in [0.2, 0.25) is 5.91 Å². The predicted molar refractivity (Wildman–Crippen MR) is 384 cm³/mol. The van der Waals surface area contributed by atoms with Crippen molar-refractivity contribution in [2.24, 2.45) is 0 Å². The monoisotopic (exact) mass is 1220 g/mol. The molecular formula is C81H157NO5. The predicted octanol–water partition coefficient (Wildman–Crippen LogP) is 26.4. The lowest BCUT2D eigenvalue weighted by Gasteiger charge is -2.20. The molecule has 2 unspecified atom stereocenters. The van der Waals surface area contributed by atoms with Crippen LogP contribution in [-0.4, -0.2) is 47.4 Å². The Hall–Kier alpha value is -1.66. The minimum Gasteiger partial charge on any atom is -0.466 e. The zero-order chi connectivity index (χ0) is 62.8. The summed E-state index contributed by atoms with van der Waals surface area (Å²) in [7, 11) is 0. The quantitative estimate of drug-likeness (QED) is 0.0320. The van der Waals surface area contributed by atoms with Crippen molar-refractivity contribution < 1.29 is 24.5 Å². The maximum atomic E-state index is 12.5. The van der Waals surface area contributed by atoms with E-state index in [0.29, 0.717) is 19.4 Å². The first-order valence-electron chi connectivity index (χ1n) is 40.1. The highest BCUT2D eigenvalue weighted by Crippen LogP contribution is 2.20. The highest BCUT2D eigenvalue weighted by Gasteiger charge is 2.18. The van der Waals surface area contributed by atoms with E-state index in [4.69, 9.17) is 4.74 Å². The highest BCUT2D eigenvalue weighted by molar-refractivity contribution is 5.76. The van der Waals surface area contributed by atoms with Crippen LogP contribution in [0.25, 0.3) is 0 Å². The highest BCUT2D eigenvalue weighted by atomic mass is 16.5. The fourth-order valence-electron chi connectivity index (χ4n) is 12.9. The summed E-state index contributed by atoms with van der Waals surface area (Å²) in [6.07, 6.45) is 98.8. The molecule has 3 N–H and O–H groups in total.